The first-order valence-corrected chi connectivity index (χ1v) is 7.81. The van der Waals surface area contributed by atoms with Crippen LogP contribution in [0, 0.1) is 0 Å². The predicted molar refractivity (Wildman–Crippen MR) is 85.1 cm³/mol. The van der Waals surface area contributed by atoms with Gasteiger partial charge < -0.3 is 5.32 Å². The van der Waals surface area contributed by atoms with E-state index in [-0.39, 0.29) is 5.41 Å². The zero-order valence-electron chi connectivity index (χ0n) is 12.1. The standard InChI is InChI=1S/C15H25N3S/c1-15(2,3)12-4-6-13(7-5-12)17-14-8-10-18(19-16)11-9-14/h4-7,14,17H,8-11,16H2,1-3H3. The molecule has 1 fully saturated rings. The number of rotatable bonds is 3. The lowest BCUT2D eigenvalue weighted by atomic mass is 9.87. The number of nitrogens with two attached hydrogens (primary N) is 1. The summed E-state index contributed by atoms with van der Waals surface area (Å²) in [5.41, 5.74) is 2.83. The van der Waals surface area contributed by atoms with Crippen LogP contribution in [0.2, 0.25) is 0 Å². The largest absolute Gasteiger partial charge is 0.382 e. The Morgan fingerprint density at radius 2 is 1.74 bits per heavy atom. The highest BCUT2D eigenvalue weighted by molar-refractivity contribution is 7.94. The molecule has 3 nitrogen and oxygen atoms in total. The Balaban J connectivity index is 1.90. The zero-order chi connectivity index (χ0) is 13.9. The molecule has 0 radical (unpaired) electrons. The van der Waals surface area contributed by atoms with Gasteiger partial charge in [0.2, 0.25) is 0 Å². The van der Waals surface area contributed by atoms with Gasteiger partial charge >= 0.3 is 0 Å². The van der Waals surface area contributed by atoms with E-state index >= 15 is 0 Å². The first kappa shape index (κ1) is 14.7. The third-order valence-electron chi connectivity index (χ3n) is 3.72. The summed E-state index contributed by atoms with van der Waals surface area (Å²) in [6, 6.07) is 9.43. The van der Waals surface area contributed by atoms with E-state index in [1.807, 2.05) is 0 Å². The average molecular weight is 279 g/mol. The molecule has 0 atom stereocenters. The fourth-order valence-electron chi connectivity index (χ4n) is 2.41. The quantitative estimate of drug-likeness (QED) is 0.832. The van der Waals surface area contributed by atoms with E-state index in [2.05, 4.69) is 54.7 Å². The molecule has 1 aromatic carbocycles. The molecule has 19 heavy (non-hydrogen) atoms. The lowest BCUT2D eigenvalue weighted by molar-refractivity contribution is 0.358. The van der Waals surface area contributed by atoms with Crippen LogP contribution in [-0.4, -0.2) is 23.4 Å². The minimum atomic E-state index is 0.224. The Kier molecular flexibility index (Phi) is 4.76. The van der Waals surface area contributed by atoms with Crippen LogP contribution in [0.15, 0.2) is 24.3 Å². The van der Waals surface area contributed by atoms with Crippen molar-refractivity contribution >= 4 is 17.8 Å². The molecule has 1 saturated heterocycles. The van der Waals surface area contributed by atoms with E-state index in [9.17, 15) is 0 Å². The second-order valence-electron chi connectivity index (χ2n) is 6.28. The van der Waals surface area contributed by atoms with Crippen molar-refractivity contribution < 1.29 is 0 Å². The second-order valence-corrected chi connectivity index (χ2v) is 7.01. The number of hydrogen-bond acceptors (Lipinski definition) is 4. The lowest BCUT2D eigenvalue weighted by Gasteiger charge is -2.30. The second kappa shape index (κ2) is 6.16. The average Bonchev–Trinajstić information content (AvgIpc) is 2.39. The maximum absolute atomic E-state index is 5.58. The Bertz CT molecular complexity index is 389. The predicted octanol–water partition coefficient (Wildman–Crippen LogP) is 3.38. The first-order valence-electron chi connectivity index (χ1n) is 6.98. The summed E-state index contributed by atoms with van der Waals surface area (Å²) in [5.74, 6) is 0. The zero-order valence-corrected chi connectivity index (χ0v) is 13.0. The normalized spacial score (nSPS) is 18.5. The molecule has 1 aromatic rings. The number of nitrogens with zero attached hydrogens (tertiary/aromatic N) is 1. The summed E-state index contributed by atoms with van der Waals surface area (Å²) in [5, 5.41) is 9.21. The van der Waals surface area contributed by atoms with Crippen molar-refractivity contribution in [2.24, 2.45) is 5.14 Å². The van der Waals surface area contributed by atoms with Gasteiger partial charge in [0.25, 0.3) is 0 Å². The van der Waals surface area contributed by atoms with Crippen molar-refractivity contribution in [3.63, 3.8) is 0 Å². The van der Waals surface area contributed by atoms with E-state index in [0.717, 1.165) is 25.9 Å². The van der Waals surface area contributed by atoms with Gasteiger partial charge in [0, 0.05) is 37.0 Å². The highest BCUT2D eigenvalue weighted by Crippen LogP contribution is 2.25. The molecule has 0 aliphatic carbocycles. The summed E-state index contributed by atoms with van der Waals surface area (Å²) in [6.07, 6.45) is 2.32. The van der Waals surface area contributed by atoms with Crippen molar-refractivity contribution in [3.8, 4) is 0 Å². The Morgan fingerprint density at radius 3 is 2.21 bits per heavy atom. The van der Waals surface area contributed by atoms with Crippen LogP contribution in [0.1, 0.15) is 39.2 Å². The molecule has 0 spiro atoms. The molecule has 106 valence electrons. The molecule has 1 aliphatic heterocycles. The van der Waals surface area contributed by atoms with Gasteiger partial charge in [-0.3, -0.25) is 5.14 Å². The summed E-state index contributed by atoms with van der Waals surface area (Å²) >= 11 is 1.36. The van der Waals surface area contributed by atoms with Crippen molar-refractivity contribution in [1.82, 2.24) is 4.31 Å². The molecule has 0 aromatic heterocycles. The van der Waals surface area contributed by atoms with Gasteiger partial charge in [0.05, 0.1) is 0 Å². The Morgan fingerprint density at radius 1 is 1.16 bits per heavy atom. The summed E-state index contributed by atoms with van der Waals surface area (Å²) in [4.78, 5) is 0. The van der Waals surface area contributed by atoms with Gasteiger partial charge in [-0.2, -0.15) is 0 Å². The molecule has 4 heteroatoms. The smallest absolute Gasteiger partial charge is 0.0342 e. The van der Waals surface area contributed by atoms with E-state index in [0.29, 0.717) is 6.04 Å². The van der Waals surface area contributed by atoms with Crippen LogP contribution in [0.3, 0.4) is 0 Å². The van der Waals surface area contributed by atoms with Gasteiger partial charge in [0.1, 0.15) is 0 Å². The van der Waals surface area contributed by atoms with Crippen molar-refractivity contribution in [3.05, 3.63) is 29.8 Å². The Labute approximate surface area is 121 Å². The highest BCUT2D eigenvalue weighted by atomic mass is 32.2. The van der Waals surface area contributed by atoms with Crippen LogP contribution in [0.4, 0.5) is 5.69 Å². The molecule has 0 unspecified atom stereocenters. The monoisotopic (exact) mass is 279 g/mol. The minimum Gasteiger partial charge on any atom is -0.382 e. The van der Waals surface area contributed by atoms with E-state index in [1.54, 1.807) is 0 Å². The third-order valence-corrected chi connectivity index (χ3v) is 4.39. The minimum absolute atomic E-state index is 0.224. The summed E-state index contributed by atoms with van der Waals surface area (Å²) in [7, 11) is 0. The van der Waals surface area contributed by atoms with Crippen LogP contribution >= 0.6 is 12.1 Å². The van der Waals surface area contributed by atoms with Crippen LogP contribution in [0.25, 0.3) is 0 Å². The van der Waals surface area contributed by atoms with Gasteiger partial charge in [-0.15, -0.1) is 0 Å². The van der Waals surface area contributed by atoms with E-state index in [1.165, 1.54) is 23.4 Å². The summed E-state index contributed by atoms with van der Waals surface area (Å²) in [6.45, 7) is 8.87. The Hall–Kier alpha value is -0.710. The van der Waals surface area contributed by atoms with Gasteiger partial charge in [-0.1, -0.05) is 32.9 Å². The molecule has 0 amide bonds. The SMILES string of the molecule is CC(C)(C)c1ccc(NC2CCN(SN)CC2)cc1. The fourth-order valence-corrected chi connectivity index (χ4v) is 2.83. The molecule has 2 rings (SSSR count). The molecule has 0 bridgehead atoms. The first-order chi connectivity index (χ1) is 8.99. The number of hydrogen-bond donors (Lipinski definition) is 2. The van der Waals surface area contributed by atoms with Crippen LogP contribution < -0.4 is 10.5 Å². The van der Waals surface area contributed by atoms with Crippen molar-refractivity contribution in [2.75, 3.05) is 18.4 Å². The summed E-state index contributed by atoms with van der Waals surface area (Å²) < 4.78 is 2.22. The topological polar surface area (TPSA) is 41.3 Å². The molecular weight excluding hydrogens is 254 g/mol. The van der Waals surface area contributed by atoms with Crippen molar-refractivity contribution in [2.45, 2.75) is 45.1 Å². The van der Waals surface area contributed by atoms with Gasteiger partial charge in [-0.25, -0.2) is 4.31 Å². The van der Waals surface area contributed by atoms with E-state index in [4.69, 9.17) is 5.14 Å². The highest BCUT2D eigenvalue weighted by Gasteiger charge is 2.19. The molecular formula is C15H25N3S. The number of piperidine rings is 1. The van der Waals surface area contributed by atoms with Crippen LogP contribution in [-0.2, 0) is 5.41 Å². The maximum Gasteiger partial charge on any atom is 0.0342 e. The fraction of sp³-hybridized carbons (Fsp3) is 0.600. The van der Waals surface area contributed by atoms with E-state index < -0.39 is 0 Å². The van der Waals surface area contributed by atoms with Gasteiger partial charge in [-0.05, 0) is 36.0 Å². The molecule has 0 saturated carbocycles. The van der Waals surface area contributed by atoms with Crippen LogP contribution in [0.5, 0.6) is 0 Å². The number of benzene rings is 1. The molecule has 1 aliphatic rings. The third kappa shape index (κ3) is 4.13. The number of nitrogens with one attached hydrogen (secondary N) is 1. The number of anilines is 1. The molecule has 1 heterocycles. The van der Waals surface area contributed by atoms with Gasteiger partial charge in [0.15, 0.2) is 0 Å². The lowest BCUT2D eigenvalue weighted by Crippen LogP contribution is -2.36. The molecule has 3 N–H and O–H groups in total. The van der Waals surface area contributed by atoms with Crippen molar-refractivity contribution in [1.29, 1.82) is 0 Å². The maximum atomic E-state index is 5.58.